The van der Waals surface area contributed by atoms with Gasteiger partial charge in [-0.05, 0) is 24.3 Å². The van der Waals surface area contributed by atoms with Crippen LogP contribution >= 0.6 is 0 Å². The highest BCUT2D eigenvalue weighted by Gasteiger charge is 2.17. The van der Waals surface area contributed by atoms with E-state index in [0.717, 1.165) is 0 Å². The van der Waals surface area contributed by atoms with Gasteiger partial charge in [-0.25, -0.2) is 0 Å². The lowest BCUT2D eigenvalue weighted by molar-refractivity contribution is 0.487. The lowest BCUT2D eigenvalue weighted by atomic mass is 10.2. The minimum Gasteiger partial charge on any atom is -0.397 e. The first-order chi connectivity index (χ1) is 8.50. The van der Waals surface area contributed by atoms with Crippen LogP contribution in [0.4, 0.5) is 11.4 Å². The Morgan fingerprint density at radius 2 is 1.56 bits per heavy atom. The second-order valence-corrected chi connectivity index (χ2v) is 5.16. The van der Waals surface area contributed by atoms with Gasteiger partial charge in [-0.3, -0.25) is 0 Å². The smallest absolute Gasteiger partial charge is 0.339 e. The minimum absolute atomic E-state index is 0.0267. The maximum absolute atomic E-state index is 11.9. The molecule has 0 saturated heterocycles. The van der Waals surface area contributed by atoms with Crippen molar-refractivity contribution < 1.29 is 12.6 Å². The van der Waals surface area contributed by atoms with Crippen molar-refractivity contribution in [3.63, 3.8) is 0 Å². The molecule has 5 nitrogen and oxygen atoms in total. The lowest BCUT2D eigenvalue weighted by Gasteiger charge is -2.10. The van der Waals surface area contributed by atoms with E-state index >= 15 is 0 Å². The monoisotopic (exact) mass is 264 g/mol. The molecule has 2 aromatic carbocycles. The molecule has 0 bridgehead atoms. The van der Waals surface area contributed by atoms with Gasteiger partial charge in [0.15, 0.2) is 5.75 Å². The van der Waals surface area contributed by atoms with E-state index in [0.29, 0.717) is 0 Å². The van der Waals surface area contributed by atoms with Crippen LogP contribution in [0.3, 0.4) is 0 Å². The van der Waals surface area contributed by atoms with Crippen LogP contribution in [0.5, 0.6) is 5.75 Å². The SMILES string of the molecule is Nc1cccc(OS(=O)(=O)c2ccccc2)c1N. The molecule has 18 heavy (non-hydrogen) atoms. The molecule has 0 saturated carbocycles. The van der Waals surface area contributed by atoms with Gasteiger partial charge in [0, 0.05) is 0 Å². The Labute approximate surface area is 105 Å². The van der Waals surface area contributed by atoms with Crippen molar-refractivity contribution in [3.05, 3.63) is 48.5 Å². The number of nitrogens with two attached hydrogens (primary N) is 2. The number of para-hydroxylation sites is 1. The largest absolute Gasteiger partial charge is 0.397 e. The van der Waals surface area contributed by atoms with Gasteiger partial charge in [0.1, 0.15) is 4.90 Å². The predicted octanol–water partition coefficient (Wildman–Crippen LogP) is 1.62. The molecule has 0 radical (unpaired) electrons. The molecule has 0 atom stereocenters. The summed E-state index contributed by atoms with van der Waals surface area (Å²) in [6.07, 6.45) is 0. The second-order valence-electron chi connectivity index (χ2n) is 3.61. The first-order valence-corrected chi connectivity index (χ1v) is 6.55. The summed E-state index contributed by atoms with van der Waals surface area (Å²) in [5.74, 6) is 0.0267. The van der Waals surface area contributed by atoms with E-state index in [1.165, 1.54) is 18.2 Å². The van der Waals surface area contributed by atoms with Crippen molar-refractivity contribution in [1.29, 1.82) is 0 Å². The fraction of sp³-hybridized carbons (Fsp3) is 0. The van der Waals surface area contributed by atoms with Crippen LogP contribution in [0.25, 0.3) is 0 Å². The Kier molecular flexibility index (Phi) is 3.12. The summed E-state index contributed by atoms with van der Waals surface area (Å²) < 4.78 is 28.9. The molecular weight excluding hydrogens is 252 g/mol. The number of nitrogen functional groups attached to an aromatic ring is 2. The average Bonchev–Trinajstić information content (AvgIpc) is 2.36. The van der Waals surface area contributed by atoms with E-state index in [4.69, 9.17) is 15.7 Å². The molecule has 0 spiro atoms. The first-order valence-electron chi connectivity index (χ1n) is 5.14. The van der Waals surface area contributed by atoms with Gasteiger partial charge >= 0.3 is 10.1 Å². The molecule has 0 amide bonds. The third-order valence-electron chi connectivity index (χ3n) is 2.33. The molecule has 6 heteroatoms. The van der Waals surface area contributed by atoms with E-state index in [9.17, 15) is 8.42 Å². The van der Waals surface area contributed by atoms with Crippen LogP contribution in [0.2, 0.25) is 0 Å². The summed E-state index contributed by atoms with van der Waals surface area (Å²) in [7, 11) is -3.89. The summed E-state index contributed by atoms with van der Waals surface area (Å²) in [6.45, 7) is 0. The topological polar surface area (TPSA) is 95.4 Å². The van der Waals surface area contributed by atoms with Crippen LogP contribution in [0.15, 0.2) is 53.4 Å². The number of hydrogen-bond acceptors (Lipinski definition) is 5. The fourth-order valence-corrected chi connectivity index (χ4v) is 2.36. The highest BCUT2D eigenvalue weighted by atomic mass is 32.2. The van der Waals surface area contributed by atoms with Crippen LogP contribution < -0.4 is 15.7 Å². The van der Waals surface area contributed by atoms with E-state index in [2.05, 4.69) is 0 Å². The summed E-state index contributed by atoms with van der Waals surface area (Å²) >= 11 is 0. The van der Waals surface area contributed by atoms with Crippen LogP contribution in [0.1, 0.15) is 0 Å². The van der Waals surface area contributed by atoms with E-state index in [1.807, 2.05) is 0 Å². The lowest BCUT2D eigenvalue weighted by Crippen LogP contribution is -2.11. The van der Waals surface area contributed by atoms with E-state index in [1.54, 1.807) is 30.3 Å². The third-order valence-corrected chi connectivity index (χ3v) is 3.58. The zero-order chi connectivity index (χ0) is 13.2. The van der Waals surface area contributed by atoms with Crippen molar-refractivity contribution in [2.75, 3.05) is 11.5 Å². The number of anilines is 2. The molecular formula is C12H12N2O3S. The van der Waals surface area contributed by atoms with Gasteiger partial charge in [0.05, 0.1) is 11.4 Å². The summed E-state index contributed by atoms with van der Waals surface area (Å²) in [5.41, 5.74) is 11.6. The molecule has 0 aliphatic carbocycles. The quantitative estimate of drug-likeness (QED) is 0.648. The van der Waals surface area contributed by atoms with Gasteiger partial charge in [-0.15, -0.1) is 0 Å². The Bertz CT molecular complexity index is 654. The van der Waals surface area contributed by atoms with Gasteiger partial charge < -0.3 is 15.7 Å². The van der Waals surface area contributed by atoms with Crippen LogP contribution in [0, 0.1) is 0 Å². The number of benzene rings is 2. The highest BCUT2D eigenvalue weighted by molar-refractivity contribution is 7.87. The Morgan fingerprint density at radius 1 is 0.889 bits per heavy atom. The second kappa shape index (κ2) is 4.58. The molecule has 0 aliphatic heterocycles. The normalized spacial score (nSPS) is 11.1. The van der Waals surface area contributed by atoms with Crippen molar-refractivity contribution in [1.82, 2.24) is 0 Å². The molecule has 0 unspecified atom stereocenters. The number of hydrogen-bond donors (Lipinski definition) is 2. The maximum Gasteiger partial charge on any atom is 0.339 e. The predicted molar refractivity (Wildman–Crippen MR) is 69.5 cm³/mol. The Balaban J connectivity index is 2.37. The number of rotatable bonds is 3. The van der Waals surface area contributed by atoms with Crippen molar-refractivity contribution in [3.8, 4) is 5.75 Å². The zero-order valence-electron chi connectivity index (χ0n) is 9.41. The zero-order valence-corrected chi connectivity index (χ0v) is 10.2. The summed E-state index contributed by atoms with van der Waals surface area (Å²) in [6, 6.07) is 12.4. The summed E-state index contributed by atoms with van der Waals surface area (Å²) in [5, 5.41) is 0. The Morgan fingerprint density at radius 3 is 2.22 bits per heavy atom. The first kappa shape index (κ1) is 12.3. The average molecular weight is 264 g/mol. The van der Waals surface area contributed by atoms with Crippen molar-refractivity contribution in [2.24, 2.45) is 0 Å². The molecule has 0 heterocycles. The minimum atomic E-state index is -3.89. The molecule has 2 aromatic rings. The van der Waals surface area contributed by atoms with E-state index < -0.39 is 10.1 Å². The molecule has 2 rings (SSSR count). The standard InChI is InChI=1S/C12H12N2O3S/c13-10-7-4-8-11(12(10)14)17-18(15,16)9-5-2-1-3-6-9/h1-8H,13-14H2. The molecule has 4 N–H and O–H groups in total. The maximum atomic E-state index is 11.9. The van der Waals surface area contributed by atoms with Gasteiger partial charge in [0.2, 0.25) is 0 Å². The molecule has 0 aliphatic rings. The highest BCUT2D eigenvalue weighted by Crippen LogP contribution is 2.29. The molecule has 94 valence electrons. The Hall–Kier alpha value is -2.21. The fourth-order valence-electron chi connectivity index (χ4n) is 1.39. The van der Waals surface area contributed by atoms with Crippen LogP contribution in [-0.4, -0.2) is 8.42 Å². The summed E-state index contributed by atoms with van der Waals surface area (Å²) in [4.78, 5) is 0.0619. The van der Waals surface area contributed by atoms with Gasteiger partial charge in [0.25, 0.3) is 0 Å². The molecule has 0 aromatic heterocycles. The van der Waals surface area contributed by atoms with Crippen LogP contribution in [-0.2, 0) is 10.1 Å². The van der Waals surface area contributed by atoms with Crippen molar-refractivity contribution >= 4 is 21.5 Å². The van der Waals surface area contributed by atoms with Gasteiger partial charge in [-0.1, -0.05) is 24.3 Å². The van der Waals surface area contributed by atoms with Crippen molar-refractivity contribution in [2.45, 2.75) is 4.90 Å². The van der Waals surface area contributed by atoms with E-state index in [-0.39, 0.29) is 22.0 Å². The van der Waals surface area contributed by atoms with Gasteiger partial charge in [-0.2, -0.15) is 8.42 Å². The molecule has 0 fully saturated rings. The third kappa shape index (κ3) is 2.38.